The SMILES string of the molecule is C=CCOc1ccc2c(c1)C1C=CCC1C(c1ccc(SC)cc1)N2. The molecule has 2 nitrogen and oxygen atoms in total. The second-order valence-electron chi connectivity index (χ2n) is 6.60. The van der Waals surface area contributed by atoms with Gasteiger partial charge in [-0.05, 0) is 60.1 Å². The minimum Gasteiger partial charge on any atom is -0.490 e. The maximum absolute atomic E-state index is 5.73. The first-order valence-electron chi connectivity index (χ1n) is 8.75. The predicted octanol–water partition coefficient (Wildman–Crippen LogP) is 5.80. The third kappa shape index (κ3) is 3.09. The molecule has 3 heteroatoms. The van der Waals surface area contributed by atoms with Crippen molar-refractivity contribution in [1.29, 1.82) is 0 Å². The topological polar surface area (TPSA) is 21.3 Å². The molecule has 128 valence electrons. The molecule has 1 aliphatic carbocycles. The average Bonchev–Trinajstić information content (AvgIpc) is 3.16. The van der Waals surface area contributed by atoms with Crippen molar-refractivity contribution in [2.45, 2.75) is 23.3 Å². The second-order valence-corrected chi connectivity index (χ2v) is 7.48. The van der Waals surface area contributed by atoms with Crippen LogP contribution < -0.4 is 10.1 Å². The molecular weight excluding hydrogens is 326 g/mol. The molecule has 2 aliphatic rings. The molecule has 3 atom stereocenters. The Hall–Kier alpha value is -2.13. The van der Waals surface area contributed by atoms with E-state index in [-0.39, 0.29) is 0 Å². The molecule has 2 aromatic carbocycles. The Labute approximate surface area is 154 Å². The standard InChI is InChI=1S/C22H23NOS/c1-3-13-24-16-9-12-21-20(14-16)18-5-4-6-19(18)22(23-21)15-7-10-17(25-2)11-8-15/h3-5,7-12,14,18-19,22-23H,1,6,13H2,2H3. The Kier molecular flexibility index (Phi) is 4.58. The van der Waals surface area contributed by atoms with Crippen molar-refractivity contribution in [2.24, 2.45) is 5.92 Å². The summed E-state index contributed by atoms with van der Waals surface area (Å²) >= 11 is 1.79. The lowest BCUT2D eigenvalue weighted by Crippen LogP contribution is -2.29. The second kappa shape index (κ2) is 7.01. The van der Waals surface area contributed by atoms with Crippen LogP contribution in [0.2, 0.25) is 0 Å². The number of ether oxygens (including phenoxy) is 1. The zero-order valence-electron chi connectivity index (χ0n) is 14.4. The largest absolute Gasteiger partial charge is 0.490 e. The van der Waals surface area contributed by atoms with E-state index in [9.17, 15) is 0 Å². The first-order chi connectivity index (χ1) is 12.3. The van der Waals surface area contributed by atoms with Crippen molar-refractivity contribution in [2.75, 3.05) is 18.2 Å². The van der Waals surface area contributed by atoms with Gasteiger partial charge in [0.15, 0.2) is 0 Å². The van der Waals surface area contributed by atoms with Crippen LogP contribution in [-0.4, -0.2) is 12.9 Å². The number of allylic oxidation sites excluding steroid dienone is 2. The smallest absolute Gasteiger partial charge is 0.120 e. The fraction of sp³-hybridized carbons (Fsp3) is 0.273. The van der Waals surface area contributed by atoms with E-state index in [1.54, 1.807) is 17.8 Å². The van der Waals surface area contributed by atoms with Crippen molar-refractivity contribution >= 4 is 17.4 Å². The zero-order chi connectivity index (χ0) is 17.2. The molecule has 4 rings (SSSR count). The number of hydrogen-bond donors (Lipinski definition) is 1. The van der Waals surface area contributed by atoms with Gasteiger partial charge in [0.2, 0.25) is 0 Å². The highest BCUT2D eigenvalue weighted by Crippen LogP contribution is 2.50. The summed E-state index contributed by atoms with van der Waals surface area (Å²) in [6.45, 7) is 4.26. The van der Waals surface area contributed by atoms with Gasteiger partial charge in [-0.15, -0.1) is 11.8 Å². The average molecular weight is 349 g/mol. The summed E-state index contributed by atoms with van der Waals surface area (Å²) in [6, 6.07) is 15.7. The van der Waals surface area contributed by atoms with Gasteiger partial charge in [0.1, 0.15) is 12.4 Å². The number of benzene rings is 2. The molecule has 0 amide bonds. The van der Waals surface area contributed by atoms with Gasteiger partial charge in [-0.3, -0.25) is 0 Å². The Morgan fingerprint density at radius 1 is 1.24 bits per heavy atom. The van der Waals surface area contributed by atoms with E-state index in [4.69, 9.17) is 4.74 Å². The van der Waals surface area contributed by atoms with E-state index >= 15 is 0 Å². The van der Waals surface area contributed by atoms with Crippen LogP contribution in [0, 0.1) is 5.92 Å². The molecule has 1 aliphatic heterocycles. The fourth-order valence-electron chi connectivity index (χ4n) is 3.96. The summed E-state index contributed by atoms with van der Waals surface area (Å²) in [6.07, 6.45) is 9.71. The van der Waals surface area contributed by atoms with Gasteiger partial charge in [0.25, 0.3) is 0 Å². The van der Waals surface area contributed by atoms with Crippen LogP contribution in [0.4, 0.5) is 5.69 Å². The monoisotopic (exact) mass is 349 g/mol. The lowest BCUT2D eigenvalue weighted by molar-refractivity contribution is 0.361. The summed E-state index contributed by atoms with van der Waals surface area (Å²) in [5.41, 5.74) is 3.93. The number of hydrogen-bond acceptors (Lipinski definition) is 3. The number of anilines is 1. The maximum atomic E-state index is 5.73. The van der Waals surface area contributed by atoms with Crippen LogP contribution in [0.3, 0.4) is 0 Å². The summed E-state index contributed by atoms with van der Waals surface area (Å²) in [5.74, 6) is 1.93. The Morgan fingerprint density at radius 2 is 2.08 bits per heavy atom. The van der Waals surface area contributed by atoms with Crippen molar-refractivity contribution in [3.8, 4) is 5.75 Å². The van der Waals surface area contributed by atoms with E-state index in [1.165, 1.54) is 21.7 Å². The molecule has 0 spiro atoms. The van der Waals surface area contributed by atoms with Crippen LogP contribution in [0.1, 0.15) is 29.5 Å². The van der Waals surface area contributed by atoms with Gasteiger partial charge in [-0.25, -0.2) is 0 Å². The summed E-state index contributed by atoms with van der Waals surface area (Å²) < 4.78 is 5.73. The van der Waals surface area contributed by atoms with Crippen LogP contribution in [0.15, 0.2) is 72.2 Å². The van der Waals surface area contributed by atoms with Gasteiger partial charge in [0, 0.05) is 16.5 Å². The third-order valence-corrected chi connectivity index (χ3v) is 5.92. The van der Waals surface area contributed by atoms with E-state index in [1.807, 2.05) is 6.07 Å². The van der Waals surface area contributed by atoms with E-state index < -0.39 is 0 Å². The molecule has 0 saturated heterocycles. The number of nitrogens with one attached hydrogen (secondary N) is 1. The maximum Gasteiger partial charge on any atom is 0.120 e. The molecular formula is C22H23NOS. The lowest BCUT2D eigenvalue weighted by atomic mass is 9.77. The van der Waals surface area contributed by atoms with Crippen molar-refractivity contribution in [3.05, 3.63) is 78.4 Å². The molecule has 1 N–H and O–H groups in total. The summed E-state index contributed by atoms with van der Waals surface area (Å²) in [4.78, 5) is 1.31. The van der Waals surface area contributed by atoms with Crippen LogP contribution in [-0.2, 0) is 0 Å². The number of fused-ring (bicyclic) bond motifs is 3. The third-order valence-electron chi connectivity index (χ3n) is 5.18. The van der Waals surface area contributed by atoms with E-state index in [0.29, 0.717) is 24.5 Å². The van der Waals surface area contributed by atoms with E-state index in [2.05, 4.69) is 66.7 Å². The van der Waals surface area contributed by atoms with Gasteiger partial charge >= 0.3 is 0 Å². The fourth-order valence-corrected chi connectivity index (χ4v) is 4.37. The summed E-state index contributed by atoms with van der Waals surface area (Å²) in [7, 11) is 0. The molecule has 3 unspecified atom stereocenters. The lowest BCUT2D eigenvalue weighted by Gasteiger charge is -2.37. The zero-order valence-corrected chi connectivity index (χ0v) is 15.3. The molecule has 25 heavy (non-hydrogen) atoms. The van der Waals surface area contributed by atoms with Crippen LogP contribution in [0.5, 0.6) is 5.75 Å². The van der Waals surface area contributed by atoms with E-state index in [0.717, 1.165) is 12.2 Å². The highest BCUT2D eigenvalue weighted by atomic mass is 32.2. The number of rotatable bonds is 5. The minimum atomic E-state index is 0.350. The van der Waals surface area contributed by atoms with Crippen LogP contribution >= 0.6 is 11.8 Å². The molecule has 0 aromatic heterocycles. The minimum absolute atomic E-state index is 0.350. The summed E-state index contributed by atoms with van der Waals surface area (Å²) in [5, 5.41) is 3.78. The van der Waals surface area contributed by atoms with Crippen molar-refractivity contribution in [1.82, 2.24) is 0 Å². The van der Waals surface area contributed by atoms with Crippen molar-refractivity contribution < 1.29 is 4.74 Å². The quantitative estimate of drug-likeness (QED) is 0.544. The Balaban J connectivity index is 1.66. The molecule has 0 bridgehead atoms. The molecule has 0 radical (unpaired) electrons. The predicted molar refractivity (Wildman–Crippen MR) is 107 cm³/mol. The molecule has 1 heterocycles. The Morgan fingerprint density at radius 3 is 2.84 bits per heavy atom. The first kappa shape index (κ1) is 16.3. The first-order valence-corrected chi connectivity index (χ1v) is 9.97. The normalized spacial score (nSPS) is 23.5. The molecule has 0 fully saturated rings. The highest BCUT2D eigenvalue weighted by molar-refractivity contribution is 7.98. The highest BCUT2D eigenvalue weighted by Gasteiger charge is 2.37. The van der Waals surface area contributed by atoms with Crippen LogP contribution in [0.25, 0.3) is 0 Å². The molecule has 0 saturated carbocycles. The number of thioether (sulfide) groups is 1. The molecule has 2 aromatic rings. The Bertz CT molecular complexity index is 796. The van der Waals surface area contributed by atoms with Gasteiger partial charge in [-0.1, -0.05) is 36.9 Å². The van der Waals surface area contributed by atoms with Crippen molar-refractivity contribution in [3.63, 3.8) is 0 Å². The van der Waals surface area contributed by atoms with Gasteiger partial charge in [-0.2, -0.15) is 0 Å². The van der Waals surface area contributed by atoms with Gasteiger partial charge < -0.3 is 10.1 Å². The van der Waals surface area contributed by atoms with Gasteiger partial charge in [0.05, 0.1) is 6.04 Å².